The lowest BCUT2D eigenvalue weighted by Crippen LogP contribution is -3.08. The molecule has 1 aliphatic rings. The van der Waals surface area contributed by atoms with E-state index < -0.39 is 0 Å². The van der Waals surface area contributed by atoms with Crippen molar-refractivity contribution in [2.45, 2.75) is 50.6 Å². The fourth-order valence-electron chi connectivity index (χ4n) is 3.94. The van der Waals surface area contributed by atoms with Gasteiger partial charge in [0, 0.05) is 23.4 Å². The molecule has 0 spiro atoms. The topological polar surface area (TPSA) is 69.5 Å². The van der Waals surface area contributed by atoms with Crippen LogP contribution in [0.15, 0.2) is 48.5 Å². The number of nitrogens with one attached hydrogen (secondary N) is 2. The minimum atomic E-state index is -0.302. The summed E-state index contributed by atoms with van der Waals surface area (Å²) in [6, 6.07) is 18.2. The normalized spacial score (nSPS) is 20.5. The van der Waals surface area contributed by atoms with Gasteiger partial charge >= 0.3 is 6.07 Å². The van der Waals surface area contributed by atoms with Crippen molar-refractivity contribution in [3.63, 3.8) is 0 Å². The SMILES string of the molecule is CCC1(C(=O)N[C@@H](C)[C@@H](Cc2ccc(Cl)cc2)c2cccc(C#[NH+])c2)CC[NH2+]1. The molecule has 1 aliphatic heterocycles. The van der Waals surface area contributed by atoms with Crippen molar-refractivity contribution in [2.75, 3.05) is 6.54 Å². The smallest absolute Gasteiger partial charge is 0.308 e. The van der Waals surface area contributed by atoms with Gasteiger partial charge in [0.1, 0.15) is 5.56 Å². The van der Waals surface area contributed by atoms with Crippen molar-refractivity contribution >= 4 is 17.5 Å². The molecule has 5 heteroatoms. The molecule has 1 saturated heterocycles. The van der Waals surface area contributed by atoms with Crippen LogP contribution in [0.5, 0.6) is 0 Å². The van der Waals surface area contributed by atoms with Crippen LogP contribution in [-0.4, -0.2) is 24.0 Å². The second-order valence-corrected chi connectivity index (χ2v) is 8.14. The van der Waals surface area contributed by atoms with Crippen molar-refractivity contribution in [1.82, 2.24) is 5.32 Å². The van der Waals surface area contributed by atoms with E-state index in [9.17, 15) is 4.79 Å². The van der Waals surface area contributed by atoms with Crippen molar-refractivity contribution in [1.29, 1.82) is 0 Å². The molecule has 0 aliphatic carbocycles. The van der Waals surface area contributed by atoms with Gasteiger partial charge in [-0.1, -0.05) is 48.1 Å². The molecule has 4 nitrogen and oxygen atoms in total. The molecule has 4 N–H and O–H groups in total. The highest BCUT2D eigenvalue weighted by Crippen LogP contribution is 2.27. The molecule has 0 aromatic heterocycles. The first-order valence-corrected chi connectivity index (χ1v) is 10.3. The Labute approximate surface area is 171 Å². The highest BCUT2D eigenvalue weighted by molar-refractivity contribution is 6.30. The Bertz CT molecular complexity index is 863. The van der Waals surface area contributed by atoms with Gasteiger partial charge in [0.15, 0.2) is 5.54 Å². The molecule has 0 bridgehead atoms. The Hall–Kier alpha value is -2.35. The van der Waals surface area contributed by atoms with Crippen molar-refractivity contribution < 1.29 is 15.4 Å². The Morgan fingerprint density at radius 2 is 2.04 bits per heavy atom. The predicted molar refractivity (Wildman–Crippen MR) is 110 cm³/mol. The molecule has 0 radical (unpaired) electrons. The van der Waals surface area contributed by atoms with Crippen molar-refractivity contribution in [3.8, 4) is 6.07 Å². The Morgan fingerprint density at radius 3 is 2.61 bits per heavy atom. The first-order valence-electron chi connectivity index (χ1n) is 9.90. The first kappa shape index (κ1) is 20.4. The molecular weight excluding hydrogens is 370 g/mol. The van der Waals surface area contributed by atoms with Crippen LogP contribution in [0.4, 0.5) is 0 Å². The molecule has 1 fully saturated rings. The number of carbonyl (C=O) groups excluding carboxylic acids is 1. The highest BCUT2D eigenvalue weighted by Gasteiger charge is 2.47. The van der Waals surface area contributed by atoms with Crippen LogP contribution in [0.1, 0.15) is 49.3 Å². The highest BCUT2D eigenvalue weighted by atomic mass is 35.5. The van der Waals surface area contributed by atoms with Crippen LogP contribution < -0.4 is 15.9 Å². The maximum absolute atomic E-state index is 12.9. The van der Waals surface area contributed by atoms with Gasteiger partial charge in [-0.2, -0.15) is 0 Å². The third-order valence-electron chi connectivity index (χ3n) is 6.00. The van der Waals surface area contributed by atoms with E-state index in [-0.39, 0.29) is 23.4 Å². The average Bonchev–Trinajstić information content (AvgIpc) is 2.67. The maximum Gasteiger partial charge on any atom is 0.308 e. The molecule has 1 amide bonds. The molecular formula is C23H28ClN3O+2. The summed E-state index contributed by atoms with van der Waals surface area (Å²) in [5.41, 5.74) is 2.71. The zero-order valence-electron chi connectivity index (χ0n) is 16.5. The summed E-state index contributed by atoms with van der Waals surface area (Å²) in [5, 5.41) is 13.6. The van der Waals surface area contributed by atoms with Gasteiger partial charge in [0.25, 0.3) is 5.91 Å². The molecule has 28 heavy (non-hydrogen) atoms. The number of rotatable bonds is 7. The lowest BCUT2D eigenvalue weighted by molar-refractivity contribution is -0.768. The third-order valence-corrected chi connectivity index (χ3v) is 6.25. The minimum Gasteiger partial charge on any atom is -0.348 e. The van der Waals surface area contributed by atoms with E-state index in [1.54, 1.807) is 0 Å². The zero-order chi connectivity index (χ0) is 20.1. The monoisotopic (exact) mass is 397 g/mol. The third kappa shape index (κ3) is 4.38. The van der Waals surface area contributed by atoms with Crippen LogP contribution in [0.3, 0.4) is 0 Å². The first-order chi connectivity index (χ1) is 13.5. The molecule has 3 atom stereocenters. The minimum absolute atomic E-state index is 0.0402. The maximum atomic E-state index is 12.9. The number of hydrogen-bond donors (Lipinski definition) is 3. The molecule has 3 rings (SSSR count). The Morgan fingerprint density at radius 1 is 1.32 bits per heavy atom. The van der Waals surface area contributed by atoms with Gasteiger partial charge in [-0.3, -0.25) is 4.79 Å². The standard InChI is InChI=1S/C23H26ClN3O/c1-3-23(11-12-26-23)22(28)27-16(2)21(14-17-7-9-20(24)10-8-17)19-6-4-5-18(13-19)15-25/h4-10,13,16,21,26H,3,11-12,14H2,1-2H3,(H,27,28)/p+2/t16-,21+,23?/m0/s1. The molecule has 2 aromatic rings. The summed E-state index contributed by atoms with van der Waals surface area (Å²) in [6.45, 7) is 5.16. The number of amides is 1. The lowest BCUT2D eigenvalue weighted by atomic mass is 9.82. The van der Waals surface area contributed by atoms with Crippen LogP contribution in [-0.2, 0) is 11.2 Å². The number of halogens is 1. The largest absolute Gasteiger partial charge is 0.348 e. The van der Waals surface area contributed by atoms with E-state index in [0.717, 1.165) is 36.9 Å². The molecule has 2 aromatic carbocycles. The van der Waals surface area contributed by atoms with E-state index in [2.05, 4.69) is 36.6 Å². The summed E-state index contributed by atoms with van der Waals surface area (Å²) in [4.78, 5) is 12.9. The fourth-order valence-corrected chi connectivity index (χ4v) is 4.06. The number of nitrogens with two attached hydrogens (primary N) is 1. The summed E-state index contributed by atoms with van der Waals surface area (Å²) < 4.78 is 0. The van der Waals surface area contributed by atoms with Crippen LogP contribution >= 0.6 is 11.6 Å². The number of hydrogen-bond acceptors (Lipinski definition) is 1. The number of quaternary nitrogens is 1. The second kappa shape index (κ2) is 8.77. The van der Waals surface area contributed by atoms with E-state index in [1.807, 2.05) is 42.5 Å². The van der Waals surface area contributed by atoms with Gasteiger partial charge in [-0.05, 0) is 48.7 Å². The Balaban J connectivity index is 1.85. The summed E-state index contributed by atoms with van der Waals surface area (Å²) >= 11 is 6.04. The van der Waals surface area contributed by atoms with Crippen LogP contribution in [0.25, 0.3) is 0 Å². The molecule has 1 unspecified atom stereocenters. The second-order valence-electron chi connectivity index (χ2n) is 7.70. The van der Waals surface area contributed by atoms with E-state index in [4.69, 9.17) is 16.9 Å². The van der Waals surface area contributed by atoms with Crippen molar-refractivity contribution in [2.24, 2.45) is 0 Å². The molecule has 146 valence electrons. The van der Waals surface area contributed by atoms with E-state index >= 15 is 0 Å². The summed E-state index contributed by atoms with van der Waals surface area (Å²) in [7, 11) is 0. The van der Waals surface area contributed by atoms with Crippen LogP contribution in [0.2, 0.25) is 5.02 Å². The number of carbonyl (C=O) groups is 1. The average molecular weight is 398 g/mol. The van der Waals surface area contributed by atoms with Gasteiger partial charge in [-0.15, -0.1) is 0 Å². The Kier molecular flexibility index (Phi) is 6.39. The zero-order valence-corrected chi connectivity index (χ0v) is 17.2. The summed E-state index contributed by atoms with van der Waals surface area (Å²) in [5.74, 6) is 0.219. The predicted octanol–water partition coefficient (Wildman–Crippen LogP) is 1.41. The summed E-state index contributed by atoms with van der Waals surface area (Å²) in [6.07, 6.45) is 2.55. The van der Waals surface area contributed by atoms with Gasteiger partial charge in [0.05, 0.1) is 13.0 Å². The fraction of sp³-hybridized carbons (Fsp3) is 0.391. The number of benzene rings is 2. The molecule has 1 heterocycles. The van der Waals surface area contributed by atoms with E-state index in [0.29, 0.717) is 5.02 Å². The van der Waals surface area contributed by atoms with Gasteiger partial charge in [-0.25, -0.2) is 0 Å². The molecule has 0 saturated carbocycles. The van der Waals surface area contributed by atoms with Crippen LogP contribution in [0, 0.1) is 6.07 Å². The van der Waals surface area contributed by atoms with Gasteiger partial charge in [0.2, 0.25) is 0 Å². The lowest BCUT2D eigenvalue weighted by Gasteiger charge is -2.38. The quantitative estimate of drug-likeness (QED) is 0.649. The van der Waals surface area contributed by atoms with E-state index in [1.165, 1.54) is 5.56 Å². The van der Waals surface area contributed by atoms with Crippen molar-refractivity contribution in [3.05, 3.63) is 70.2 Å². The van der Waals surface area contributed by atoms with Gasteiger partial charge < -0.3 is 10.6 Å².